The highest BCUT2D eigenvalue weighted by Crippen LogP contribution is 2.37. The van der Waals surface area contributed by atoms with Crippen LogP contribution in [0, 0.1) is 5.82 Å². The first-order valence-corrected chi connectivity index (χ1v) is 11.3. The van der Waals surface area contributed by atoms with Crippen molar-refractivity contribution in [3.05, 3.63) is 105 Å². The van der Waals surface area contributed by atoms with Crippen LogP contribution in [-0.2, 0) is 19.3 Å². The molecule has 190 valence electrons. The molecule has 1 unspecified atom stereocenters. The molecule has 6 nitrogen and oxygen atoms in total. The molecule has 3 aromatic carbocycles. The van der Waals surface area contributed by atoms with E-state index in [-0.39, 0.29) is 40.2 Å². The van der Waals surface area contributed by atoms with Gasteiger partial charge in [-0.25, -0.2) is 9.18 Å². The maximum Gasteiger partial charge on any atom is 0.416 e. The van der Waals surface area contributed by atoms with E-state index in [0.717, 1.165) is 29.3 Å². The minimum Gasteiger partial charge on any atom is -0.478 e. The summed E-state index contributed by atoms with van der Waals surface area (Å²) in [5.74, 6) is -1.47. The van der Waals surface area contributed by atoms with Gasteiger partial charge >= 0.3 is 12.1 Å². The topological polar surface area (TPSA) is 82.8 Å². The van der Waals surface area contributed by atoms with Crippen molar-refractivity contribution >= 4 is 28.5 Å². The fraction of sp³-hybridized carbons (Fsp3) is 0.185. The highest BCUT2D eigenvalue weighted by atomic mass is 19.4. The summed E-state index contributed by atoms with van der Waals surface area (Å²) >= 11 is 0. The number of fused-ring (bicyclic) bond motifs is 2. The van der Waals surface area contributed by atoms with Crippen LogP contribution >= 0.6 is 0 Å². The first kappa shape index (κ1) is 24.4. The van der Waals surface area contributed by atoms with E-state index in [0.29, 0.717) is 6.54 Å². The van der Waals surface area contributed by atoms with Crippen LogP contribution in [0.15, 0.2) is 69.9 Å². The van der Waals surface area contributed by atoms with Gasteiger partial charge in [0.2, 0.25) is 5.88 Å². The Hall–Kier alpha value is -4.34. The van der Waals surface area contributed by atoms with E-state index in [1.807, 2.05) is 0 Å². The van der Waals surface area contributed by atoms with Crippen molar-refractivity contribution in [2.45, 2.75) is 32.2 Å². The Morgan fingerprint density at radius 3 is 2.51 bits per heavy atom. The number of carboxylic acid groups (broad SMARTS) is 1. The predicted octanol–water partition coefficient (Wildman–Crippen LogP) is 6.34. The second kappa shape index (κ2) is 8.95. The molecular weight excluding hydrogens is 492 g/mol. The third-order valence-corrected chi connectivity index (χ3v) is 6.37. The molecule has 0 amide bonds. The quantitative estimate of drug-likeness (QED) is 0.304. The minimum atomic E-state index is -4.73. The molecule has 1 aliphatic heterocycles. The van der Waals surface area contributed by atoms with Crippen LogP contribution in [0.3, 0.4) is 0 Å². The second-order valence-electron chi connectivity index (χ2n) is 8.87. The number of aromatic carboxylic acids is 1. The van der Waals surface area contributed by atoms with Gasteiger partial charge in [-0.2, -0.15) is 13.2 Å². The summed E-state index contributed by atoms with van der Waals surface area (Å²) < 4.78 is 60.9. The maximum absolute atomic E-state index is 13.7. The van der Waals surface area contributed by atoms with E-state index in [1.165, 1.54) is 30.3 Å². The van der Waals surface area contributed by atoms with Crippen molar-refractivity contribution in [2.75, 3.05) is 10.2 Å². The van der Waals surface area contributed by atoms with Gasteiger partial charge in [-0.15, -0.1) is 0 Å². The van der Waals surface area contributed by atoms with Crippen LogP contribution in [0.4, 0.5) is 29.1 Å². The Labute approximate surface area is 207 Å². The number of alkyl halides is 3. The van der Waals surface area contributed by atoms with Gasteiger partial charge in [-0.05, 0) is 54.4 Å². The smallest absolute Gasteiger partial charge is 0.416 e. The number of rotatable bonds is 5. The molecule has 2 heterocycles. The van der Waals surface area contributed by atoms with Crippen molar-refractivity contribution in [3.8, 4) is 0 Å². The first-order chi connectivity index (χ1) is 17.5. The number of hydrogen-bond donors (Lipinski definition) is 2. The monoisotopic (exact) mass is 512 g/mol. The van der Waals surface area contributed by atoms with Gasteiger partial charge in [0, 0.05) is 30.4 Å². The second-order valence-corrected chi connectivity index (χ2v) is 8.87. The van der Waals surface area contributed by atoms with Crippen molar-refractivity contribution in [3.63, 3.8) is 0 Å². The minimum absolute atomic E-state index is 0.0340. The molecule has 10 heteroatoms. The molecule has 37 heavy (non-hydrogen) atoms. The fourth-order valence-electron chi connectivity index (χ4n) is 4.54. The molecule has 1 atom stereocenters. The van der Waals surface area contributed by atoms with Crippen LogP contribution in [0.25, 0.3) is 11.0 Å². The van der Waals surface area contributed by atoms with Crippen LogP contribution in [0.1, 0.15) is 45.6 Å². The normalized spacial score (nSPS) is 14.0. The van der Waals surface area contributed by atoms with E-state index in [1.54, 1.807) is 24.0 Å². The summed E-state index contributed by atoms with van der Waals surface area (Å²) in [7, 11) is 0. The lowest BCUT2D eigenvalue weighted by molar-refractivity contribution is -0.137. The van der Waals surface area contributed by atoms with E-state index < -0.39 is 35.0 Å². The summed E-state index contributed by atoms with van der Waals surface area (Å²) in [6.07, 6.45) is -4.73. The summed E-state index contributed by atoms with van der Waals surface area (Å²) in [4.78, 5) is 26.3. The number of nitrogens with one attached hydrogen (secondary N) is 1. The average Bonchev–Trinajstić information content (AvgIpc) is 3.26. The summed E-state index contributed by atoms with van der Waals surface area (Å²) in [5.41, 5.74) is -0.00784. The van der Waals surface area contributed by atoms with Gasteiger partial charge in [-0.3, -0.25) is 4.79 Å². The number of carboxylic acids is 1. The zero-order valence-electron chi connectivity index (χ0n) is 19.4. The van der Waals surface area contributed by atoms with Crippen LogP contribution in [0.5, 0.6) is 0 Å². The molecule has 1 aromatic heterocycles. The Bertz CT molecular complexity index is 1600. The average molecular weight is 512 g/mol. The molecule has 0 saturated carbocycles. The molecule has 0 fully saturated rings. The van der Waals surface area contributed by atoms with Crippen LogP contribution in [-0.4, -0.2) is 11.1 Å². The van der Waals surface area contributed by atoms with Crippen molar-refractivity contribution in [1.82, 2.24) is 0 Å². The molecule has 0 spiro atoms. The molecular formula is C27H20F4N2O4. The predicted molar refractivity (Wildman–Crippen MR) is 129 cm³/mol. The zero-order valence-corrected chi connectivity index (χ0v) is 19.4. The lowest BCUT2D eigenvalue weighted by Crippen LogP contribution is -2.18. The standard InChI is InChI=1S/C27H20F4N2O4/c1-14(32-22-5-3-2-4-19(22)26(35)36)20-9-17(27(29,30)31)10-21-23(34)11-24(37-25(20)21)33-12-15-6-7-18(28)8-16(15)13-33/h2-11,14,32H,12-13H2,1H3,(H,35,36). The highest BCUT2D eigenvalue weighted by Gasteiger charge is 2.33. The number of hydrogen-bond acceptors (Lipinski definition) is 5. The summed E-state index contributed by atoms with van der Waals surface area (Å²) in [6, 6.07) is 12.3. The number of carbonyl (C=O) groups is 1. The van der Waals surface area contributed by atoms with E-state index in [2.05, 4.69) is 5.32 Å². The Kier molecular flexibility index (Phi) is 5.89. The third-order valence-electron chi connectivity index (χ3n) is 6.37. The molecule has 0 bridgehead atoms. The lowest BCUT2D eigenvalue weighted by atomic mass is 10.00. The largest absolute Gasteiger partial charge is 0.478 e. The molecule has 0 aliphatic carbocycles. The van der Waals surface area contributed by atoms with Gasteiger partial charge in [0.05, 0.1) is 22.6 Å². The van der Waals surface area contributed by atoms with Crippen molar-refractivity contribution in [2.24, 2.45) is 0 Å². The highest BCUT2D eigenvalue weighted by molar-refractivity contribution is 5.94. The SMILES string of the molecule is CC(Nc1ccccc1C(=O)O)c1cc(C(F)(F)F)cc2c(=O)cc(N3Cc4ccc(F)cc4C3)oc12. The maximum atomic E-state index is 13.7. The van der Waals surface area contributed by atoms with Gasteiger partial charge in [0.15, 0.2) is 5.43 Å². The summed E-state index contributed by atoms with van der Waals surface area (Å²) in [6.45, 7) is 2.14. The lowest BCUT2D eigenvalue weighted by Gasteiger charge is -2.22. The first-order valence-electron chi connectivity index (χ1n) is 11.3. The number of nitrogens with zero attached hydrogens (tertiary/aromatic N) is 1. The molecule has 5 rings (SSSR count). The summed E-state index contributed by atoms with van der Waals surface area (Å²) in [5, 5.41) is 12.2. The van der Waals surface area contributed by atoms with Gasteiger partial charge in [0.1, 0.15) is 11.4 Å². The van der Waals surface area contributed by atoms with Gasteiger partial charge in [-0.1, -0.05) is 18.2 Å². The molecule has 1 aliphatic rings. The van der Waals surface area contributed by atoms with Crippen LogP contribution < -0.4 is 15.6 Å². The Morgan fingerprint density at radius 2 is 1.78 bits per heavy atom. The van der Waals surface area contributed by atoms with E-state index >= 15 is 0 Å². The Morgan fingerprint density at radius 1 is 1.05 bits per heavy atom. The Balaban J connectivity index is 1.62. The van der Waals surface area contributed by atoms with Crippen molar-refractivity contribution < 1.29 is 31.9 Å². The molecule has 4 aromatic rings. The molecule has 0 saturated heterocycles. The van der Waals surface area contributed by atoms with E-state index in [9.17, 15) is 32.3 Å². The molecule has 2 N–H and O–H groups in total. The number of benzene rings is 3. The van der Waals surface area contributed by atoms with E-state index in [4.69, 9.17) is 4.42 Å². The van der Waals surface area contributed by atoms with Gasteiger partial charge in [0.25, 0.3) is 0 Å². The third kappa shape index (κ3) is 4.62. The number of halogens is 4. The van der Waals surface area contributed by atoms with Crippen molar-refractivity contribution in [1.29, 1.82) is 0 Å². The number of anilines is 2. The fourth-order valence-corrected chi connectivity index (χ4v) is 4.54. The van der Waals surface area contributed by atoms with Gasteiger partial charge < -0.3 is 19.7 Å². The zero-order chi connectivity index (χ0) is 26.5. The molecule has 0 radical (unpaired) electrons. The number of para-hydroxylation sites is 1. The van der Waals surface area contributed by atoms with Crippen LogP contribution in [0.2, 0.25) is 0 Å².